The Balaban J connectivity index is 1.53. The third-order valence-corrected chi connectivity index (χ3v) is 7.23. The molecule has 4 heterocycles. The second-order valence-electron chi connectivity index (χ2n) is 8.05. The number of methoxy groups -OCH3 is 1. The van der Waals surface area contributed by atoms with E-state index in [1.807, 2.05) is 13.8 Å². The van der Waals surface area contributed by atoms with Gasteiger partial charge in [0, 0.05) is 32.6 Å². The van der Waals surface area contributed by atoms with Crippen molar-refractivity contribution in [3.8, 4) is 0 Å². The normalized spacial score (nSPS) is 18.5. The van der Waals surface area contributed by atoms with Crippen LogP contribution >= 0.6 is 11.3 Å². The number of carbonyl (C=O) groups is 2. The van der Waals surface area contributed by atoms with E-state index >= 15 is 0 Å². The van der Waals surface area contributed by atoms with Crippen LogP contribution in [0.3, 0.4) is 0 Å². The smallest absolute Gasteiger partial charge is 0.348 e. The molecule has 2 aliphatic rings. The molecule has 0 unspecified atom stereocenters. The summed E-state index contributed by atoms with van der Waals surface area (Å²) in [5.74, 6) is 2.17. The number of aryl methyl sites for hydroxylation is 2. The minimum absolute atomic E-state index is 0.316. The topological polar surface area (TPSA) is 75.6 Å². The molecule has 0 aromatic carbocycles. The number of likely N-dealkylation sites (tertiary alicyclic amines) is 1. The monoisotopic (exact) mass is 416 g/mol. The van der Waals surface area contributed by atoms with Gasteiger partial charge in [-0.25, -0.2) is 14.8 Å². The summed E-state index contributed by atoms with van der Waals surface area (Å²) < 4.78 is 4.93. The molecule has 156 valence electrons. The summed E-state index contributed by atoms with van der Waals surface area (Å²) in [5, 5.41) is 0.964. The van der Waals surface area contributed by atoms with E-state index in [4.69, 9.17) is 9.72 Å². The Morgan fingerprint density at radius 1 is 1.17 bits per heavy atom. The predicted octanol–water partition coefficient (Wildman–Crippen LogP) is 3.32. The second-order valence-corrected chi connectivity index (χ2v) is 9.05. The van der Waals surface area contributed by atoms with Gasteiger partial charge in [0.15, 0.2) is 0 Å². The van der Waals surface area contributed by atoms with Crippen molar-refractivity contribution in [3.63, 3.8) is 0 Å². The fourth-order valence-electron chi connectivity index (χ4n) is 4.43. The zero-order valence-electron chi connectivity index (χ0n) is 17.4. The van der Waals surface area contributed by atoms with E-state index in [0.717, 1.165) is 73.5 Å². The molecule has 2 fully saturated rings. The Labute approximate surface area is 175 Å². The van der Waals surface area contributed by atoms with Gasteiger partial charge in [-0.2, -0.15) is 0 Å². The summed E-state index contributed by atoms with van der Waals surface area (Å²) >= 11 is 1.38. The largest absolute Gasteiger partial charge is 0.465 e. The minimum atomic E-state index is -0.320. The summed E-state index contributed by atoms with van der Waals surface area (Å²) in [6, 6.07) is 0. The minimum Gasteiger partial charge on any atom is -0.465 e. The van der Waals surface area contributed by atoms with Gasteiger partial charge in [-0.3, -0.25) is 4.79 Å². The molecule has 2 saturated heterocycles. The van der Waals surface area contributed by atoms with Crippen molar-refractivity contribution in [2.24, 2.45) is 5.92 Å². The number of aromatic nitrogens is 2. The lowest BCUT2D eigenvalue weighted by molar-refractivity contribution is -0.134. The number of piperidine rings is 2. The Kier molecular flexibility index (Phi) is 5.72. The molecule has 0 aliphatic carbocycles. The van der Waals surface area contributed by atoms with Crippen molar-refractivity contribution in [2.75, 3.05) is 38.2 Å². The van der Waals surface area contributed by atoms with E-state index in [-0.39, 0.29) is 5.97 Å². The van der Waals surface area contributed by atoms with E-state index in [1.165, 1.54) is 18.4 Å². The number of thiophene rings is 1. The van der Waals surface area contributed by atoms with Gasteiger partial charge in [0.05, 0.1) is 12.5 Å². The highest BCUT2D eigenvalue weighted by Gasteiger charge is 2.28. The maximum absolute atomic E-state index is 12.1. The number of anilines is 1. The molecule has 0 atom stereocenters. The van der Waals surface area contributed by atoms with E-state index in [2.05, 4.69) is 14.8 Å². The Morgan fingerprint density at radius 3 is 2.62 bits per heavy atom. The zero-order chi connectivity index (χ0) is 20.5. The van der Waals surface area contributed by atoms with Crippen LogP contribution in [0.2, 0.25) is 0 Å². The van der Waals surface area contributed by atoms with Crippen LogP contribution in [-0.4, -0.2) is 60.0 Å². The third-order valence-electron chi connectivity index (χ3n) is 6.07. The molecule has 7 nitrogen and oxygen atoms in total. The molecule has 0 radical (unpaired) electrons. The highest BCUT2D eigenvalue weighted by Crippen LogP contribution is 2.37. The number of carbonyl (C=O) groups excluding carboxylic acids is 2. The van der Waals surface area contributed by atoms with Crippen LogP contribution in [0.15, 0.2) is 0 Å². The van der Waals surface area contributed by atoms with Gasteiger partial charge in [-0.05, 0) is 51.0 Å². The van der Waals surface area contributed by atoms with Crippen LogP contribution in [0.25, 0.3) is 10.2 Å². The molecule has 2 aromatic rings. The molecule has 8 heteroatoms. The number of ether oxygens (including phenoxy) is 1. The average Bonchev–Trinajstić information content (AvgIpc) is 3.05. The quantitative estimate of drug-likeness (QED) is 0.712. The number of fused-ring (bicyclic) bond motifs is 1. The predicted molar refractivity (Wildman–Crippen MR) is 114 cm³/mol. The molecular formula is C21H28N4O3S. The van der Waals surface area contributed by atoms with Crippen molar-refractivity contribution < 1.29 is 14.3 Å². The van der Waals surface area contributed by atoms with E-state index in [9.17, 15) is 9.59 Å². The molecule has 1 amide bonds. The van der Waals surface area contributed by atoms with Crippen molar-refractivity contribution in [3.05, 3.63) is 16.3 Å². The number of hydrogen-bond acceptors (Lipinski definition) is 7. The van der Waals surface area contributed by atoms with Crippen molar-refractivity contribution in [2.45, 2.75) is 46.0 Å². The Morgan fingerprint density at radius 2 is 1.93 bits per heavy atom. The fourth-order valence-corrected chi connectivity index (χ4v) is 5.57. The first-order valence-electron chi connectivity index (χ1n) is 10.4. The molecule has 4 rings (SSSR count). The van der Waals surface area contributed by atoms with Crippen LogP contribution in [-0.2, 0) is 9.53 Å². The Hall–Kier alpha value is -2.22. The number of rotatable bonds is 4. The first-order valence-corrected chi connectivity index (χ1v) is 11.2. The van der Waals surface area contributed by atoms with Crippen LogP contribution in [0.4, 0.5) is 5.82 Å². The third kappa shape index (κ3) is 3.95. The van der Waals surface area contributed by atoms with Gasteiger partial charge < -0.3 is 14.5 Å². The first kappa shape index (κ1) is 20.1. The molecule has 2 aliphatic heterocycles. The zero-order valence-corrected chi connectivity index (χ0v) is 18.2. The van der Waals surface area contributed by atoms with E-state index < -0.39 is 0 Å². The van der Waals surface area contributed by atoms with Gasteiger partial charge in [0.25, 0.3) is 0 Å². The van der Waals surface area contributed by atoms with Gasteiger partial charge >= 0.3 is 5.97 Å². The standard InChI is InChI=1S/C21H28N4O3S/c1-13-17-19(22-14(2)23-20(17)29-18(13)21(27)28-3)24-10-7-15(8-11-24)12-25-9-5-4-6-16(25)26/h15H,4-12H2,1-3H3. The SMILES string of the molecule is COC(=O)c1sc2nc(C)nc(N3CCC(CN4CCCCC4=O)CC3)c2c1C. The summed E-state index contributed by atoms with van der Waals surface area (Å²) in [6.45, 7) is 7.44. The fraction of sp³-hybridized carbons (Fsp3) is 0.619. The lowest BCUT2D eigenvalue weighted by atomic mass is 9.95. The maximum atomic E-state index is 12.1. The molecule has 0 bridgehead atoms. The van der Waals surface area contributed by atoms with E-state index in [1.54, 1.807) is 0 Å². The van der Waals surface area contributed by atoms with E-state index in [0.29, 0.717) is 28.9 Å². The number of nitrogens with zero attached hydrogens (tertiary/aromatic N) is 4. The second kappa shape index (κ2) is 8.26. The van der Waals surface area contributed by atoms with Crippen molar-refractivity contribution in [1.82, 2.24) is 14.9 Å². The van der Waals surface area contributed by atoms with Crippen molar-refractivity contribution >= 4 is 39.2 Å². The summed E-state index contributed by atoms with van der Waals surface area (Å²) in [6.07, 6.45) is 4.95. The molecule has 0 saturated carbocycles. The summed E-state index contributed by atoms with van der Waals surface area (Å²) in [7, 11) is 1.40. The highest BCUT2D eigenvalue weighted by molar-refractivity contribution is 7.20. The lowest BCUT2D eigenvalue weighted by Gasteiger charge is -2.36. The van der Waals surface area contributed by atoms with Crippen LogP contribution in [0.5, 0.6) is 0 Å². The van der Waals surface area contributed by atoms with Crippen LogP contribution in [0, 0.1) is 19.8 Å². The molecule has 0 N–H and O–H groups in total. The van der Waals surface area contributed by atoms with Crippen molar-refractivity contribution in [1.29, 1.82) is 0 Å². The summed E-state index contributed by atoms with van der Waals surface area (Å²) in [5.41, 5.74) is 0.896. The maximum Gasteiger partial charge on any atom is 0.348 e. The number of esters is 1. The van der Waals surface area contributed by atoms with Crippen LogP contribution in [0.1, 0.15) is 53.2 Å². The highest BCUT2D eigenvalue weighted by atomic mass is 32.1. The molecule has 0 spiro atoms. The first-order chi connectivity index (χ1) is 14.0. The molecule has 29 heavy (non-hydrogen) atoms. The lowest BCUT2D eigenvalue weighted by Crippen LogP contribution is -2.43. The Bertz CT molecular complexity index is 934. The molecule has 2 aromatic heterocycles. The van der Waals surface area contributed by atoms with Gasteiger partial charge in [0.1, 0.15) is 21.3 Å². The number of hydrogen-bond donors (Lipinski definition) is 0. The number of amides is 1. The van der Waals surface area contributed by atoms with Gasteiger partial charge in [0.2, 0.25) is 5.91 Å². The average molecular weight is 417 g/mol. The summed E-state index contributed by atoms with van der Waals surface area (Å²) in [4.78, 5) is 39.4. The van der Waals surface area contributed by atoms with Crippen LogP contribution < -0.4 is 4.90 Å². The molecular weight excluding hydrogens is 388 g/mol. The van der Waals surface area contributed by atoms with Gasteiger partial charge in [-0.15, -0.1) is 11.3 Å². The van der Waals surface area contributed by atoms with Gasteiger partial charge in [-0.1, -0.05) is 0 Å².